The van der Waals surface area contributed by atoms with Crippen LogP contribution < -0.4 is 0 Å². The molecule has 0 radical (unpaired) electrons. The molecule has 0 saturated heterocycles. The van der Waals surface area contributed by atoms with Gasteiger partial charge in [-0.2, -0.15) is 0 Å². The average molecular weight is 308 g/mol. The van der Waals surface area contributed by atoms with E-state index in [9.17, 15) is 14.4 Å². The molecule has 1 rings (SSSR count). The Bertz CT molecular complexity index is 503. The summed E-state index contributed by atoms with van der Waals surface area (Å²) in [6.07, 6.45) is 8.35. The van der Waals surface area contributed by atoms with Crippen molar-refractivity contribution < 1.29 is 28.6 Å². The van der Waals surface area contributed by atoms with Crippen LogP contribution in [0.3, 0.4) is 0 Å². The Morgan fingerprint density at radius 3 is 2.50 bits per heavy atom. The molecule has 3 unspecified atom stereocenters. The second-order valence-corrected chi connectivity index (χ2v) is 4.76. The molecule has 6 heteroatoms. The predicted octanol–water partition coefficient (Wildman–Crippen LogP) is 1.51. The molecule has 0 aromatic rings. The highest BCUT2D eigenvalue weighted by Crippen LogP contribution is 2.08. The molecule has 3 atom stereocenters. The fourth-order valence-electron chi connectivity index (χ4n) is 1.76. The maximum absolute atomic E-state index is 11.1. The number of carbonyl (C=O) groups is 3. The lowest BCUT2D eigenvalue weighted by Gasteiger charge is -2.20. The molecule has 120 valence electrons. The predicted molar refractivity (Wildman–Crippen MR) is 78.9 cm³/mol. The van der Waals surface area contributed by atoms with E-state index in [-0.39, 0.29) is 18.5 Å². The minimum Gasteiger partial charge on any atom is -0.459 e. The van der Waals surface area contributed by atoms with E-state index in [1.807, 2.05) is 0 Å². The first-order chi connectivity index (χ1) is 10.4. The number of carbonyl (C=O) groups excluding carboxylic acids is 3. The van der Waals surface area contributed by atoms with Gasteiger partial charge in [0, 0.05) is 13.8 Å². The summed E-state index contributed by atoms with van der Waals surface area (Å²) in [5.41, 5.74) is 0. The van der Waals surface area contributed by atoms with E-state index in [4.69, 9.17) is 14.2 Å². The van der Waals surface area contributed by atoms with Gasteiger partial charge < -0.3 is 14.2 Å². The van der Waals surface area contributed by atoms with Crippen molar-refractivity contribution in [3.05, 3.63) is 36.5 Å². The summed E-state index contributed by atoms with van der Waals surface area (Å²) >= 11 is 0. The topological polar surface area (TPSA) is 78.9 Å². The Morgan fingerprint density at radius 1 is 1.27 bits per heavy atom. The zero-order valence-corrected chi connectivity index (χ0v) is 12.9. The standard InChI is InChI=1S/C16H20O6/c1-11(21-12(2)17)16(22-13(3)18)7-5-4-6-15-9-8-14(19)10-20-15/h4-9,11,15-16H,10H2,1-3H3. The van der Waals surface area contributed by atoms with E-state index in [0.29, 0.717) is 0 Å². The van der Waals surface area contributed by atoms with E-state index in [1.54, 1.807) is 37.3 Å². The van der Waals surface area contributed by atoms with Crippen LogP contribution in [0.25, 0.3) is 0 Å². The van der Waals surface area contributed by atoms with Gasteiger partial charge in [0.25, 0.3) is 0 Å². The maximum Gasteiger partial charge on any atom is 0.303 e. The van der Waals surface area contributed by atoms with E-state index >= 15 is 0 Å². The molecule has 22 heavy (non-hydrogen) atoms. The van der Waals surface area contributed by atoms with Crippen molar-refractivity contribution in [2.24, 2.45) is 0 Å². The monoisotopic (exact) mass is 308 g/mol. The first kappa shape index (κ1) is 17.8. The molecule has 0 amide bonds. The minimum absolute atomic E-state index is 0.0643. The quantitative estimate of drug-likeness (QED) is 0.546. The second kappa shape index (κ2) is 8.94. The molecule has 1 aliphatic heterocycles. The van der Waals surface area contributed by atoms with Crippen molar-refractivity contribution >= 4 is 17.7 Å². The first-order valence-corrected chi connectivity index (χ1v) is 6.90. The van der Waals surface area contributed by atoms with Gasteiger partial charge in [-0.3, -0.25) is 14.4 Å². The molecule has 0 aliphatic carbocycles. The zero-order chi connectivity index (χ0) is 16.5. The van der Waals surface area contributed by atoms with E-state index < -0.39 is 24.1 Å². The van der Waals surface area contributed by atoms with Gasteiger partial charge >= 0.3 is 11.9 Å². The average Bonchev–Trinajstić information content (AvgIpc) is 2.43. The van der Waals surface area contributed by atoms with Crippen molar-refractivity contribution in [2.75, 3.05) is 6.61 Å². The van der Waals surface area contributed by atoms with Crippen molar-refractivity contribution in [3.8, 4) is 0 Å². The van der Waals surface area contributed by atoms with Crippen molar-refractivity contribution in [1.82, 2.24) is 0 Å². The summed E-state index contributed by atoms with van der Waals surface area (Å²) < 4.78 is 15.3. The molecular weight excluding hydrogens is 288 g/mol. The van der Waals surface area contributed by atoms with Crippen molar-refractivity contribution in [3.63, 3.8) is 0 Å². The Kier molecular flexibility index (Phi) is 7.25. The molecule has 0 aromatic carbocycles. The van der Waals surface area contributed by atoms with Gasteiger partial charge in [-0.05, 0) is 25.2 Å². The summed E-state index contributed by atoms with van der Waals surface area (Å²) in [7, 11) is 0. The fourth-order valence-corrected chi connectivity index (χ4v) is 1.76. The van der Waals surface area contributed by atoms with Crippen LogP contribution in [0.15, 0.2) is 36.5 Å². The smallest absolute Gasteiger partial charge is 0.303 e. The molecule has 0 saturated carbocycles. The van der Waals surface area contributed by atoms with Gasteiger partial charge in [0.05, 0.1) is 6.10 Å². The van der Waals surface area contributed by atoms with Gasteiger partial charge in [0.15, 0.2) is 11.9 Å². The van der Waals surface area contributed by atoms with Crippen LogP contribution in [-0.4, -0.2) is 42.6 Å². The first-order valence-electron chi connectivity index (χ1n) is 6.90. The Balaban J connectivity index is 2.60. The third-order valence-electron chi connectivity index (χ3n) is 2.72. The van der Waals surface area contributed by atoms with Crippen LogP contribution in [0, 0.1) is 0 Å². The lowest BCUT2D eigenvalue weighted by Crippen LogP contribution is -2.30. The number of hydrogen-bond donors (Lipinski definition) is 0. The molecule has 6 nitrogen and oxygen atoms in total. The zero-order valence-electron chi connectivity index (χ0n) is 12.9. The summed E-state index contributed by atoms with van der Waals surface area (Å²) in [6.45, 7) is 4.28. The number of rotatable bonds is 6. The third-order valence-corrected chi connectivity index (χ3v) is 2.72. The van der Waals surface area contributed by atoms with Crippen LogP contribution in [0.5, 0.6) is 0 Å². The fraction of sp³-hybridized carbons (Fsp3) is 0.438. The largest absolute Gasteiger partial charge is 0.459 e. The molecule has 0 fully saturated rings. The van der Waals surface area contributed by atoms with Crippen LogP contribution in [-0.2, 0) is 28.6 Å². The normalized spacial score (nSPS) is 21.0. The van der Waals surface area contributed by atoms with Crippen LogP contribution in [0.2, 0.25) is 0 Å². The van der Waals surface area contributed by atoms with Crippen molar-refractivity contribution in [1.29, 1.82) is 0 Å². The summed E-state index contributed by atoms with van der Waals surface area (Å²) in [5, 5.41) is 0. The lowest BCUT2D eigenvalue weighted by molar-refractivity contribution is -0.160. The van der Waals surface area contributed by atoms with Gasteiger partial charge in [0.2, 0.25) is 0 Å². The van der Waals surface area contributed by atoms with Gasteiger partial charge in [-0.1, -0.05) is 18.2 Å². The number of allylic oxidation sites excluding steroid dienone is 2. The maximum atomic E-state index is 11.1. The highest BCUT2D eigenvalue weighted by Gasteiger charge is 2.19. The lowest BCUT2D eigenvalue weighted by atomic mass is 10.2. The van der Waals surface area contributed by atoms with Crippen LogP contribution >= 0.6 is 0 Å². The second-order valence-electron chi connectivity index (χ2n) is 4.76. The van der Waals surface area contributed by atoms with Crippen LogP contribution in [0.1, 0.15) is 20.8 Å². The van der Waals surface area contributed by atoms with Gasteiger partial charge in [0.1, 0.15) is 12.7 Å². The summed E-state index contributed by atoms with van der Waals surface area (Å²) in [4.78, 5) is 33.0. The van der Waals surface area contributed by atoms with E-state index in [2.05, 4.69) is 0 Å². The number of ketones is 1. The summed E-state index contributed by atoms with van der Waals surface area (Å²) in [6, 6.07) is 0. The molecule has 0 N–H and O–H groups in total. The molecule has 0 aromatic heterocycles. The molecule has 0 bridgehead atoms. The molecule has 1 heterocycles. The number of hydrogen-bond acceptors (Lipinski definition) is 6. The SMILES string of the molecule is CC(=O)OC(C)C(C=CC=CC1C=CC(=O)CO1)OC(C)=O. The minimum atomic E-state index is -0.671. The van der Waals surface area contributed by atoms with Gasteiger partial charge in [-0.15, -0.1) is 0 Å². The Morgan fingerprint density at radius 2 is 1.95 bits per heavy atom. The van der Waals surface area contributed by atoms with Crippen LogP contribution in [0.4, 0.5) is 0 Å². The Hall–Kier alpha value is -2.21. The van der Waals surface area contributed by atoms with Crippen molar-refractivity contribution in [2.45, 2.75) is 39.1 Å². The molecule has 1 aliphatic rings. The van der Waals surface area contributed by atoms with Gasteiger partial charge in [-0.25, -0.2) is 0 Å². The van der Waals surface area contributed by atoms with E-state index in [1.165, 1.54) is 19.9 Å². The number of esters is 2. The highest BCUT2D eigenvalue weighted by molar-refractivity contribution is 5.91. The van der Waals surface area contributed by atoms with E-state index in [0.717, 1.165) is 0 Å². The number of ether oxygens (including phenoxy) is 3. The third kappa shape index (κ3) is 6.99. The highest BCUT2D eigenvalue weighted by atomic mass is 16.6. The molecule has 0 spiro atoms. The Labute approximate surface area is 129 Å². The summed E-state index contributed by atoms with van der Waals surface area (Å²) in [5.74, 6) is -0.973. The molecular formula is C16H20O6.